The largest absolute Gasteiger partial charge is 0.507 e. The number of nitrogens with zero attached hydrogens (tertiary/aromatic N) is 2. The number of rotatable bonds is 3. The van der Waals surface area contributed by atoms with E-state index >= 15 is 0 Å². The van der Waals surface area contributed by atoms with Crippen molar-refractivity contribution >= 4 is 44.7 Å². The van der Waals surface area contributed by atoms with E-state index in [1.807, 2.05) is 54.6 Å². The summed E-state index contributed by atoms with van der Waals surface area (Å²) in [6.45, 7) is 0. The van der Waals surface area contributed by atoms with Gasteiger partial charge in [-0.15, -0.1) is 0 Å². The van der Waals surface area contributed by atoms with Crippen LogP contribution in [0.3, 0.4) is 0 Å². The summed E-state index contributed by atoms with van der Waals surface area (Å²) in [4.78, 5) is 0. The molecule has 0 aromatic heterocycles. The molecule has 0 saturated heterocycles. The van der Waals surface area contributed by atoms with Gasteiger partial charge in [-0.3, -0.25) is 0 Å². The standard InChI is InChI=1S/C26H18N2O/c29-26-15-19-8-2-1-7-18(19)13-22(26)16-27-28-17-25-23-11-5-3-9-20(23)14-21-10-4-6-12-24(21)25/h1-17,29H. The highest BCUT2D eigenvalue weighted by Gasteiger charge is 2.05. The molecule has 0 unspecified atom stereocenters. The van der Waals surface area contributed by atoms with Crippen molar-refractivity contribution in [2.45, 2.75) is 0 Å². The zero-order valence-electron chi connectivity index (χ0n) is 15.7. The van der Waals surface area contributed by atoms with Gasteiger partial charge in [-0.25, -0.2) is 0 Å². The Labute approximate surface area is 168 Å². The zero-order valence-corrected chi connectivity index (χ0v) is 15.7. The molecule has 5 aromatic carbocycles. The number of phenolic OH excluding ortho intramolecular Hbond substituents is 1. The number of hydrogen-bond acceptors (Lipinski definition) is 3. The molecule has 3 heteroatoms. The van der Waals surface area contributed by atoms with Crippen molar-refractivity contribution in [2.24, 2.45) is 10.2 Å². The van der Waals surface area contributed by atoms with Gasteiger partial charge in [0.2, 0.25) is 0 Å². The lowest BCUT2D eigenvalue weighted by molar-refractivity contribution is 0.475. The van der Waals surface area contributed by atoms with Crippen LogP contribution in [-0.4, -0.2) is 17.5 Å². The molecule has 0 atom stereocenters. The maximum Gasteiger partial charge on any atom is 0.125 e. The van der Waals surface area contributed by atoms with Gasteiger partial charge in [-0.05, 0) is 50.5 Å². The summed E-state index contributed by atoms with van der Waals surface area (Å²) in [5.74, 6) is 0.193. The Bertz CT molecular complexity index is 1360. The fourth-order valence-corrected chi connectivity index (χ4v) is 3.72. The molecule has 0 aliphatic carbocycles. The molecule has 0 spiro atoms. The average molecular weight is 374 g/mol. The van der Waals surface area contributed by atoms with Crippen LogP contribution in [0, 0.1) is 0 Å². The Morgan fingerprint density at radius 3 is 1.72 bits per heavy atom. The third-order valence-corrected chi connectivity index (χ3v) is 5.16. The van der Waals surface area contributed by atoms with Gasteiger partial charge in [0, 0.05) is 11.1 Å². The van der Waals surface area contributed by atoms with Gasteiger partial charge in [-0.1, -0.05) is 72.8 Å². The molecule has 3 nitrogen and oxygen atoms in total. The molecule has 138 valence electrons. The highest BCUT2D eigenvalue weighted by Crippen LogP contribution is 2.27. The van der Waals surface area contributed by atoms with Crippen molar-refractivity contribution in [3.8, 4) is 5.75 Å². The van der Waals surface area contributed by atoms with E-state index in [0.29, 0.717) is 5.56 Å². The first-order valence-electron chi connectivity index (χ1n) is 9.48. The maximum absolute atomic E-state index is 10.3. The number of aromatic hydroxyl groups is 1. The molecule has 1 N–H and O–H groups in total. The summed E-state index contributed by atoms with van der Waals surface area (Å²) in [5, 5.41) is 25.4. The van der Waals surface area contributed by atoms with Gasteiger partial charge in [0.25, 0.3) is 0 Å². The van der Waals surface area contributed by atoms with Crippen LogP contribution in [0.4, 0.5) is 0 Å². The monoisotopic (exact) mass is 374 g/mol. The predicted molar refractivity (Wildman–Crippen MR) is 122 cm³/mol. The van der Waals surface area contributed by atoms with Crippen molar-refractivity contribution in [1.82, 2.24) is 0 Å². The Kier molecular flexibility index (Phi) is 4.26. The third kappa shape index (κ3) is 3.23. The van der Waals surface area contributed by atoms with Gasteiger partial charge in [0.05, 0.1) is 12.4 Å². The number of hydrogen-bond donors (Lipinski definition) is 1. The van der Waals surface area contributed by atoms with Crippen LogP contribution in [0.5, 0.6) is 5.75 Å². The fraction of sp³-hybridized carbons (Fsp3) is 0. The highest BCUT2D eigenvalue weighted by atomic mass is 16.3. The van der Waals surface area contributed by atoms with Gasteiger partial charge < -0.3 is 5.11 Å². The zero-order chi connectivity index (χ0) is 19.6. The summed E-state index contributed by atoms with van der Waals surface area (Å²) in [5.41, 5.74) is 1.68. The second kappa shape index (κ2) is 7.21. The minimum atomic E-state index is 0.193. The summed E-state index contributed by atoms with van der Waals surface area (Å²) in [7, 11) is 0. The van der Waals surface area contributed by atoms with Crippen LogP contribution < -0.4 is 0 Å². The summed E-state index contributed by atoms with van der Waals surface area (Å²) in [6.07, 6.45) is 3.38. The predicted octanol–water partition coefficient (Wildman–Crippen LogP) is 6.30. The first kappa shape index (κ1) is 17.1. The summed E-state index contributed by atoms with van der Waals surface area (Å²) >= 11 is 0. The van der Waals surface area contributed by atoms with Gasteiger partial charge in [0.15, 0.2) is 0 Å². The van der Waals surface area contributed by atoms with Gasteiger partial charge >= 0.3 is 0 Å². The molecular formula is C26H18N2O. The molecule has 0 amide bonds. The Morgan fingerprint density at radius 1 is 0.552 bits per heavy atom. The molecule has 0 heterocycles. The van der Waals surface area contributed by atoms with Crippen molar-refractivity contribution in [1.29, 1.82) is 0 Å². The van der Waals surface area contributed by atoms with E-state index in [9.17, 15) is 5.11 Å². The second-order valence-electron chi connectivity index (χ2n) is 6.98. The van der Waals surface area contributed by atoms with Crippen molar-refractivity contribution in [3.63, 3.8) is 0 Å². The fourth-order valence-electron chi connectivity index (χ4n) is 3.72. The SMILES string of the molecule is Oc1cc2ccccc2cc1C=NN=Cc1c2ccccc2cc2ccccc12. The number of fused-ring (bicyclic) bond motifs is 3. The molecule has 5 aromatic rings. The van der Waals surface area contributed by atoms with Crippen LogP contribution in [0.1, 0.15) is 11.1 Å². The minimum absolute atomic E-state index is 0.193. The lowest BCUT2D eigenvalue weighted by Gasteiger charge is -2.07. The summed E-state index contributed by atoms with van der Waals surface area (Å²) in [6, 6.07) is 30.3. The minimum Gasteiger partial charge on any atom is -0.507 e. The van der Waals surface area contributed by atoms with Crippen molar-refractivity contribution in [3.05, 3.63) is 102 Å². The van der Waals surface area contributed by atoms with Crippen LogP contribution in [0.2, 0.25) is 0 Å². The van der Waals surface area contributed by atoms with Crippen LogP contribution >= 0.6 is 0 Å². The van der Waals surface area contributed by atoms with E-state index in [-0.39, 0.29) is 5.75 Å². The number of benzene rings is 5. The first-order chi connectivity index (χ1) is 14.3. The van der Waals surface area contributed by atoms with E-state index in [4.69, 9.17) is 0 Å². The smallest absolute Gasteiger partial charge is 0.125 e. The van der Waals surface area contributed by atoms with Crippen LogP contribution in [-0.2, 0) is 0 Å². The van der Waals surface area contributed by atoms with E-state index in [1.54, 1.807) is 18.5 Å². The Hall–Kier alpha value is -3.98. The van der Waals surface area contributed by atoms with Gasteiger partial charge in [0.1, 0.15) is 5.75 Å². The normalized spacial score (nSPS) is 12.0. The molecule has 5 rings (SSSR count). The van der Waals surface area contributed by atoms with Crippen LogP contribution in [0.25, 0.3) is 32.3 Å². The first-order valence-corrected chi connectivity index (χ1v) is 9.48. The number of phenols is 1. The molecule has 0 aliphatic heterocycles. The molecule has 0 aliphatic rings. The molecule has 0 fully saturated rings. The van der Waals surface area contributed by atoms with Crippen LogP contribution in [0.15, 0.2) is 101 Å². The second-order valence-corrected chi connectivity index (χ2v) is 6.98. The van der Waals surface area contributed by atoms with E-state index in [2.05, 4.69) is 40.5 Å². The van der Waals surface area contributed by atoms with E-state index in [1.165, 1.54) is 10.8 Å². The molecule has 0 radical (unpaired) electrons. The van der Waals surface area contributed by atoms with Gasteiger partial charge in [-0.2, -0.15) is 10.2 Å². The lowest BCUT2D eigenvalue weighted by atomic mass is 9.97. The Balaban J connectivity index is 1.55. The third-order valence-electron chi connectivity index (χ3n) is 5.16. The van der Waals surface area contributed by atoms with Crippen molar-refractivity contribution < 1.29 is 5.11 Å². The molecular weight excluding hydrogens is 356 g/mol. The quantitative estimate of drug-likeness (QED) is 0.225. The average Bonchev–Trinajstić information content (AvgIpc) is 2.76. The maximum atomic E-state index is 10.3. The van der Waals surface area contributed by atoms with E-state index < -0.39 is 0 Å². The lowest BCUT2D eigenvalue weighted by Crippen LogP contribution is -1.88. The summed E-state index contributed by atoms with van der Waals surface area (Å²) < 4.78 is 0. The molecule has 29 heavy (non-hydrogen) atoms. The molecule has 0 bridgehead atoms. The Morgan fingerprint density at radius 2 is 1.07 bits per heavy atom. The molecule has 0 saturated carbocycles. The van der Waals surface area contributed by atoms with E-state index in [0.717, 1.165) is 27.1 Å². The van der Waals surface area contributed by atoms with Crippen molar-refractivity contribution in [2.75, 3.05) is 0 Å². The highest BCUT2D eigenvalue weighted by molar-refractivity contribution is 6.13. The topological polar surface area (TPSA) is 45.0 Å².